The third kappa shape index (κ3) is 2.28. The second-order valence-electron chi connectivity index (χ2n) is 6.47. The third-order valence-corrected chi connectivity index (χ3v) is 4.79. The Morgan fingerprint density at radius 2 is 1.71 bits per heavy atom. The first-order valence-electron chi connectivity index (χ1n) is 6.88. The van der Waals surface area contributed by atoms with Gasteiger partial charge in [0.15, 0.2) is 0 Å². The fourth-order valence-corrected chi connectivity index (χ4v) is 3.63. The van der Waals surface area contributed by atoms with Crippen molar-refractivity contribution in [2.24, 2.45) is 17.8 Å². The number of alkyl halides is 2. The summed E-state index contributed by atoms with van der Waals surface area (Å²) >= 11 is 0. The van der Waals surface area contributed by atoms with Crippen molar-refractivity contribution < 1.29 is 8.78 Å². The zero-order chi connectivity index (χ0) is 12.8. The fourth-order valence-electron chi connectivity index (χ4n) is 3.63. The van der Waals surface area contributed by atoms with Gasteiger partial charge < -0.3 is 0 Å². The molecule has 2 heteroatoms. The van der Waals surface area contributed by atoms with Gasteiger partial charge in [-0.05, 0) is 56.9 Å². The average molecular weight is 242 g/mol. The van der Waals surface area contributed by atoms with Crippen LogP contribution in [0, 0.1) is 17.8 Å². The molecule has 1 unspecified atom stereocenters. The van der Waals surface area contributed by atoms with E-state index < -0.39 is 17.8 Å². The molecule has 0 amide bonds. The van der Waals surface area contributed by atoms with Gasteiger partial charge >= 0.3 is 0 Å². The summed E-state index contributed by atoms with van der Waals surface area (Å²) in [7, 11) is 0. The Bertz CT molecular complexity index is 324. The average Bonchev–Trinajstić information content (AvgIpc) is 2.51. The van der Waals surface area contributed by atoms with Crippen LogP contribution >= 0.6 is 0 Å². The maximum atomic E-state index is 14.7. The summed E-state index contributed by atoms with van der Waals surface area (Å²) < 4.78 is 28.8. The maximum Gasteiger partial charge on any atom is 0.128 e. The van der Waals surface area contributed by atoms with E-state index in [4.69, 9.17) is 0 Å². The first-order chi connectivity index (χ1) is 7.82. The smallest absolute Gasteiger partial charge is 0.128 e. The Labute approximate surface area is 103 Å². The van der Waals surface area contributed by atoms with Gasteiger partial charge in [0, 0.05) is 5.92 Å². The first kappa shape index (κ1) is 13.0. The molecule has 0 aliphatic heterocycles. The molecule has 0 aromatic carbocycles. The summed E-state index contributed by atoms with van der Waals surface area (Å²) in [5, 5.41) is 0. The summed E-state index contributed by atoms with van der Waals surface area (Å²) in [5.41, 5.74) is 0.839. The van der Waals surface area contributed by atoms with E-state index >= 15 is 0 Å². The van der Waals surface area contributed by atoms with Crippen molar-refractivity contribution in [3.8, 4) is 0 Å². The van der Waals surface area contributed by atoms with Crippen LogP contribution in [0.5, 0.6) is 0 Å². The highest BCUT2D eigenvalue weighted by molar-refractivity contribution is 5.30. The van der Waals surface area contributed by atoms with Crippen molar-refractivity contribution in [1.29, 1.82) is 0 Å². The molecule has 2 aliphatic rings. The summed E-state index contributed by atoms with van der Waals surface area (Å²) in [6.07, 6.45) is 2.62. The monoisotopic (exact) mass is 242 g/mol. The van der Waals surface area contributed by atoms with Crippen molar-refractivity contribution in [3.63, 3.8) is 0 Å². The van der Waals surface area contributed by atoms with Gasteiger partial charge in [-0.3, -0.25) is 0 Å². The van der Waals surface area contributed by atoms with Crippen molar-refractivity contribution >= 4 is 0 Å². The van der Waals surface area contributed by atoms with Crippen molar-refractivity contribution in [2.75, 3.05) is 0 Å². The lowest BCUT2D eigenvalue weighted by molar-refractivity contribution is 0.0622. The van der Waals surface area contributed by atoms with Crippen LogP contribution in [0.2, 0.25) is 0 Å². The normalized spacial score (nSPS) is 39.2. The van der Waals surface area contributed by atoms with Gasteiger partial charge in [0.2, 0.25) is 0 Å². The maximum absolute atomic E-state index is 14.7. The lowest BCUT2D eigenvalue weighted by Gasteiger charge is -2.31. The lowest BCUT2D eigenvalue weighted by atomic mass is 9.81. The molecule has 0 aromatic heterocycles. The first-order valence-corrected chi connectivity index (χ1v) is 6.88. The van der Waals surface area contributed by atoms with E-state index in [0.717, 1.165) is 24.8 Å². The summed E-state index contributed by atoms with van der Waals surface area (Å²) in [4.78, 5) is 0. The fraction of sp³-hybridized carbons (Fsp3) is 0.867. The van der Waals surface area contributed by atoms with E-state index in [1.807, 2.05) is 0 Å². The molecule has 0 radical (unpaired) electrons. The number of rotatable bonds is 1. The van der Waals surface area contributed by atoms with E-state index in [1.165, 1.54) is 19.4 Å². The van der Waals surface area contributed by atoms with Gasteiger partial charge in [-0.25, -0.2) is 8.78 Å². The highest BCUT2D eigenvalue weighted by Gasteiger charge is 2.43. The van der Waals surface area contributed by atoms with Crippen LogP contribution < -0.4 is 0 Å². The molecule has 0 bridgehead atoms. The van der Waals surface area contributed by atoms with Crippen molar-refractivity contribution in [1.82, 2.24) is 0 Å². The van der Waals surface area contributed by atoms with Gasteiger partial charge in [-0.15, -0.1) is 0 Å². The highest BCUT2D eigenvalue weighted by Crippen LogP contribution is 2.48. The van der Waals surface area contributed by atoms with Gasteiger partial charge in [-0.2, -0.15) is 0 Å². The Balaban J connectivity index is 2.35. The third-order valence-electron chi connectivity index (χ3n) is 4.79. The topological polar surface area (TPSA) is 0 Å². The molecule has 0 N–H and O–H groups in total. The van der Waals surface area contributed by atoms with E-state index in [2.05, 4.69) is 13.8 Å². The minimum atomic E-state index is -1.41. The van der Waals surface area contributed by atoms with E-state index in [9.17, 15) is 8.78 Å². The van der Waals surface area contributed by atoms with Crippen molar-refractivity contribution in [3.05, 3.63) is 11.1 Å². The molecular formula is C15H24F2. The van der Waals surface area contributed by atoms with Crippen LogP contribution in [-0.4, -0.2) is 11.8 Å². The van der Waals surface area contributed by atoms with E-state index in [-0.39, 0.29) is 0 Å². The van der Waals surface area contributed by atoms with Crippen LogP contribution in [0.15, 0.2) is 11.1 Å². The van der Waals surface area contributed by atoms with Gasteiger partial charge in [-0.1, -0.05) is 19.4 Å². The molecule has 0 fully saturated rings. The molecule has 0 spiro atoms. The van der Waals surface area contributed by atoms with Gasteiger partial charge in [0.25, 0.3) is 0 Å². The molecule has 17 heavy (non-hydrogen) atoms. The molecule has 2 aliphatic carbocycles. The summed E-state index contributed by atoms with van der Waals surface area (Å²) in [5.74, 6) is 0.295. The molecule has 98 valence electrons. The Morgan fingerprint density at radius 3 is 2.29 bits per heavy atom. The molecule has 0 nitrogen and oxygen atoms in total. The van der Waals surface area contributed by atoms with Gasteiger partial charge in [0.05, 0.1) is 0 Å². The van der Waals surface area contributed by atoms with Crippen LogP contribution in [-0.2, 0) is 0 Å². The van der Waals surface area contributed by atoms with Crippen LogP contribution in [0.1, 0.15) is 53.4 Å². The predicted octanol–water partition coefficient (Wildman–Crippen LogP) is 4.85. The zero-order valence-corrected chi connectivity index (χ0v) is 11.4. The molecule has 4 atom stereocenters. The zero-order valence-electron chi connectivity index (χ0n) is 11.4. The lowest BCUT2D eigenvalue weighted by Crippen LogP contribution is -2.35. The number of hydrogen-bond acceptors (Lipinski definition) is 0. The van der Waals surface area contributed by atoms with Crippen LogP contribution in [0.25, 0.3) is 0 Å². The Kier molecular flexibility index (Phi) is 3.35. The SMILES string of the molecule is C[C@H]1CC[C@@H](C(C)(C)F)C(F)C2=C1CC[C@@H]2C. The van der Waals surface area contributed by atoms with Crippen LogP contribution in [0.3, 0.4) is 0 Å². The minimum absolute atomic E-state index is 0.311. The van der Waals surface area contributed by atoms with E-state index in [0.29, 0.717) is 18.3 Å². The quantitative estimate of drug-likeness (QED) is 0.577. The standard InChI is InChI=1S/C15H24F2/c1-9-6-8-12(15(3,4)17)14(16)13-10(2)5-7-11(9)13/h9-10,12,14H,5-8H2,1-4H3/t9-,10-,12+,14?/m0/s1. The number of hydrogen-bond donors (Lipinski definition) is 0. The Hall–Kier alpha value is -0.400. The van der Waals surface area contributed by atoms with Crippen LogP contribution in [0.4, 0.5) is 8.78 Å². The number of halogens is 2. The molecule has 0 heterocycles. The summed E-state index contributed by atoms with van der Waals surface area (Å²) in [6, 6.07) is 0. The molecule has 2 rings (SSSR count). The summed E-state index contributed by atoms with van der Waals surface area (Å²) in [6.45, 7) is 7.32. The largest absolute Gasteiger partial charge is 0.244 e. The molecular weight excluding hydrogens is 218 g/mol. The predicted molar refractivity (Wildman–Crippen MR) is 67.4 cm³/mol. The van der Waals surface area contributed by atoms with Gasteiger partial charge in [0.1, 0.15) is 11.8 Å². The molecule has 0 aromatic rings. The Morgan fingerprint density at radius 1 is 1.06 bits per heavy atom. The molecule has 0 saturated heterocycles. The van der Waals surface area contributed by atoms with Crippen molar-refractivity contribution in [2.45, 2.75) is 65.2 Å². The minimum Gasteiger partial charge on any atom is -0.244 e. The van der Waals surface area contributed by atoms with E-state index in [1.54, 1.807) is 0 Å². The number of allylic oxidation sites excluding steroid dienone is 2. The second kappa shape index (κ2) is 4.37. The highest BCUT2D eigenvalue weighted by atomic mass is 19.2. The molecule has 0 saturated carbocycles. The second-order valence-corrected chi connectivity index (χ2v) is 6.47.